The van der Waals surface area contributed by atoms with Gasteiger partial charge in [0, 0.05) is 5.92 Å². The largest absolute Gasteiger partial charge is 0.366 e. The van der Waals surface area contributed by atoms with Crippen molar-refractivity contribution < 1.29 is 9.53 Å². The van der Waals surface area contributed by atoms with E-state index in [0.717, 1.165) is 19.3 Å². The summed E-state index contributed by atoms with van der Waals surface area (Å²) >= 11 is 0. The predicted molar refractivity (Wildman–Crippen MR) is 41.3 cm³/mol. The second kappa shape index (κ2) is 2.07. The number of hydrogen-bond donors (Lipinski definition) is 0. The van der Waals surface area contributed by atoms with Crippen LogP contribution in [-0.4, -0.2) is 17.5 Å². The van der Waals surface area contributed by atoms with Gasteiger partial charge in [-0.2, -0.15) is 0 Å². The van der Waals surface area contributed by atoms with Gasteiger partial charge in [-0.1, -0.05) is 0 Å². The Morgan fingerprint density at radius 1 is 1.64 bits per heavy atom. The first-order chi connectivity index (χ1) is 5.12. The number of hydrogen-bond acceptors (Lipinski definition) is 2. The average Bonchev–Trinajstić information content (AvgIpc) is 2.58. The highest BCUT2D eigenvalue weighted by molar-refractivity contribution is 5.78. The minimum atomic E-state index is 0.159. The van der Waals surface area contributed by atoms with E-state index in [4.69, 9.17) is 4.74 Å². The standard InChI is InChI=1S/C9H14O2/c1-6(10)7-3-4-9(2)8(5-7)11-9/h7-8H,3-5H2,1-2H3/t7-,8?,9?/m0/s1. The van der Waals surface area contributed by atoms with Crippen LogP contribution in [0.15, 0.2) is 0 Å². The third-order valence-electron chi connectivity index (χ3n) is 3.10. The Morgan fingerprint density at radius 2 is 2.36 bits per heavy atom. The Labute approximate surface area is 66.9 Å². The number of rotatable bonds is 1. The second-order valence-corrected chi connectivity index (χ2v) is 4.00. The molecule has 0 aromatic heterocycles. The zero-order valence-corrected chi connectivity index (χ0v) is 7.09. The van der Waals surface area contributed by atoms with Crippen LogP contribution in [0.4, 0.5) is 0 Å². The molecule has 2 nitrogen and oxygen atoms in total. The fourth-order valence-corrected chi connectivity index (χ4v) is 2.01. The summed E-state index contributed by atoms with van der Waals surface area (Å²) in [5, 5.41) is 0. The van der Waals surface area contributed by atoms with Gasteiger partial charge in [0.25, 0.3) is 0 Å². The summed E-state index contributed by atoms with van der Waals surface area (Å²) in [6.45, 7) is 3.84. The quantitative estimate of drug-likeness (QED) is 0.536. The molecule has 2 rings (SSSR count). The summed E-state index contributed by atoms with van der Waals surface area (Å²) in [5.74, 6) is 0.623. The van der Waals surface area contributed by atoms with Crippen molar-refractivity contribution in [1.29, 1.82) is 0 Å². The first kappa shape index (κ1) is 7.29. The molecule has 0 amide bonds. The van der Waals surface area contributed by atoms with E-state index < -0.39 is 0 Å². The van der Waals surface area contributed by atoms with Crippen molar-refractivity contribution in [1.82, 2.24) is 0 Å². The maximum Gasteiger partial charge on any atom is 0.133 e. The Kier molecular flexibility index (Phi) is 1.37. The van der Waals surface area contributed by atoms with Crippen LogP contribution in [-0.2, 0) is 9.53 Å². The lowest BCUT2D eigenvalue weighted by Gasteiger charge is -2.19. The Hall–Kier alpha value is -0.370. The number of carbonyl (C=O) groups is 1. The Balaban J connectivity index is 1.98. The highest BCUT2D eigenvalue weighted by Crippen LogP contribution is 2.49. The van der Waals surface area contributed by atoms with Crippen molar-refractivity contribution in [2.75, 3.05) is 0 Å². The maximum absolute atomic E-state index is 11.0. The summed E-state index contributed by atoms with van der Waals surface area (Å²) in [4.78, 5) is 11.0. The van der Waals surface area contributed by atoms with Gasteiger partial charge in [0.1, 0.15) is 5.78 Å². The van der Waals surface area contributed by atoms with Crippen molar-refractivity contribution >= 4 is 5.78 Å². The van der Waals surface area contributed by atoms with Gasteiger partial charge in [-0.05, 0) is 33.1 Å². The first-order valence-corrected chi connectivity index (χ1v) is 4.30. The molecule has 1 aliphatic carbocycles. The third-order valence-corrected chi connectivity index (χ3v) is 3.10. The van der Waals surface area contributed by atoms with Crippen molar-refractivity contribution in [2.45, 2.75) is 44.8 Å². The van der Waals surface area contributed by atoms with E-state index >= 15 is 0 Å². The molecule has 3 atom stereocenters. The summed E-state index contributed by atoms with van der Waals surface area (Å²) in [5.41, 5.74) is 0.159. The van der Waals surface area contributed by atoms with Crippen LogP contribution in [0.25, 0.3) is 0 Å². The molecule has 1 saturated heterocycles. The number of carbonyl (C=O) groups excluding carboxylic acids is 1. The normalized spacial score (nSPS) is 48.2. The van der Waals surface area contributed by atoms with Gasteiger partial charge in [0.05, 0.1) is 11.7 Å². The predicted octanol–water partition coefficient (Wildman–Crippen LogP) is 1.53. The highest BCUT2D eigenvalue weighted by Gasteiger charge is 2.55. The van der Waals surface area contributed by atoms with Gasteiger partial charge >= 0.3 is 0 Å². The molecule has 0 aromatic rings. The molecule has 0 bridgehead atoms. The third kappa shape index (κ3) is 1.09. The van der Waals surface area contributed by atoms with Crippen LogP contribution < -0.4 is 0 Å². The van der Waals surface area contributed by atoms with Gasteiger partial charge in [-0.15, -0.1) is 0 Å². The lowest BCUT2D eigenvalue weighted by atomic mass is 9.81. The zero-order chi connectivity index (χ0) is 8.06. The molecule has 1 heterocycles. The van der Waals surface area contributed by atoms with E-state index in [-0.39, 0.29) is 11.5 Å². The molecule has 2 aliphatic rings. The summed E-state index contributed by atoms with van der Waals surface area (Å²) in [7, 11) is 0. The minimum Gasteiger partial charge on any atom is -0.366 e. The molecule has 11 heavy (non-hydrogen) atoms. The van der Waals surface area contributed by atoms with Crippen molar-refractivity contribution in [3.05, 3.63) is 0 Å². The van der Waals surface area contributed by atoms with E-state index in [1.807, 2.05) is 0 Å². The summed E-state index contributed by atoms with van der Waals surface area (Å²) < 4.78 is 5.49. The lowest BCUT2D eigenvalue weighted by Crippen LogP contribution is -2.25. The number of Topliss-reactive ketones (excluding diaryl/α,β-unsaturated/α-hetero) is 1. The molecule has 62 valence electrons. The van der Waals surface area contributed by atoms with Crippen LogP contribution in [0.5, 0.6) is 0 Å². The van der Waals surface area contributed by atoms with Crippen molar-refractivity contribution in [2.24, 2.45) is 5.92 Å². The number of ketones is 1. The lowest BCUT2D eigenvalue weighted by molar-refractivity contribution is -0.121. The molecule has 2 unspecified atom stereocenters. The molecular weight excluding hydrogens is 140 g/mol. The second-order valence-electron chi connectivity index (χ2n) is 4.00. The monoisotopic (exact) mass is 154 g/mol. The average molecular weight is 154 g/mol. The Bertz CT molecular complexity index is 200. The molecule has 1 saturated carbocycles. The van der Waals surface area contributed by atoms with Crippen LogP contribution >= 0.6 is 0 Å². The SMILES string of the molecule is CC(=O)[C@H]1CCC2(C)OC2C1. The molecule has 2 heteroatoms. The van der Waals surface area contributed by atoms with Gasteiger partial charge in [-0.25, -0.2) is 0 Å². The summed E-state index contributed by atoms with van der Waals surface area (Å²) in [6, 6.07) is 0. The van der Waals surface area contributed by atoms with Crippen molar-refractivity contribution in [3.63, 3.8) is 0 Å². The number of fused-ring (bicyclic) bond motifs is 1. The fourth-order valence-electron chi connectivity index (χ4n) is 2.01. The molecule has 0 radical (unpaired) electrons. The molecule has 0 N–H and O–H groups in total. The Morgan fingerprint density at radius 3 is 2.91 bits per heavy atom. The smallest absolute Gasteiger partial charge is 0.133 e. The van der Waals surface area contributed by atoms with E-state index in [9.17, 15) is 4.79 Å². The summed E-state index contributed by atoms with van der Waals surface area (Å²) in [6.07, 6.45) is 3.46. The van der Waals surface area contributed by atoms with Crippen LogP contribution in [0.3, 0.4) is 0 Å². The van der Waals surface area contributed by atoms with Crippen LogP contribution in [0.2, 0.25) is 0 Å². The molecular formula is C9H14O2. The molecule has 0 spiro atoms. The maximum atomic E-state index is 11.0. The topological polar surface area (TPSA) is 29.6 Å². The van der Waals surface area contributed by atoms with Gasteiger partial charge in [0.2, 0.25) is 0 Å². The molecule has 0 aromatic carbocycles. The van der Waals surface area contributed by atoms with Crippen molar-refractivity contribution in [3.8, 4) is 0 Å². The van der Waals surface area contributed by atoms with E-state index in [1.165, 1.54) is 0 Å². The van der Waals surface area contributed by atoms with E-state index in [1.54, 1.807) is 6.92 Å². The van der Waals surface area contributed by atoms with Crippen LogP contribution in [0, 0.1) is 5.92 Å². The minimum absolute atomic E-state index is 0.159. The molecule has 2 fully saturated rings. The zero-order valence-electron chi connectivity index (χ0n) is 7.09. The van der Waals surface area contributed by atoms with Crippen LogP contribution in [0.1, 0.15) is 33.1 Å². The number of epoxide rings is 1. The van der Waals surface area contributed by atoms with E-state index in [2.05, 4.69) is 6.92 Å². The van der Waals surface area contributed by atoms with Gasteiger partial charge < -0.3 is 4.74 Å². The molecule has 1 aliphatic heterocycles. The van der Waals surface area contributed by atoms with Gasteiger partial charge in [0.15, 0.2) is 0 Å². The van der Waals surface area contributed by atoms with E-state index in [0.29, 0.717) is 11.9 Å². The highest BCUT2D eigenvalue weighted by atomic mass is 16.6. The van der Waals surface area contributed by atoms with Gasteiger partial charge in [-0.3, -0.25) is 4.79 Å². The number of ether oxygens (including phenoxy) is 1. The fraction of sp³-hybridized carbons (Fsp3) is 0.889. The first-order valence-electron chi connectivity index (χ1n) is 4.30.